The molecular weight excluding hydrogens is 262 g/mol. The lowest BCUT2D eigenvalue weighted by molar-refractivity contribution is -0.116. The monoisotopic (exact) mass is 289 g/mol. The molecule has 1 saturated carbocycles. The molecule has 1 amide bonds. The fourth-order valence-corrected chi connectivity index (χ4v) is 2.63. The van der Waals surface area contributed by atoms with Gasteiger partial charge in [0.05, 0.1) is 0 Å². The molecule has 1 aromatic rings. The van der Waals surface area contributed by atoms with Crippen LogP contribution >= 0.6 is 0 Å². The van der Waals surface area contributed by atoms with Crippen LogP contribution in [-0.2, 0) is 11.3 Å². The van der Waals surface area contributed by atoms with Crippen LogP contribution in [0.15, 0.2) is 24.3 Å². The van der Waals surface area contributed by atoms with Gasteiger partial charge in [-0.05, 0) is 43.0 Å². The highest BCUT2D eigenvalue weighted by molar-refractivity contribution is 5.90. The molecule has 0 unspecified atom stereocenters. The van der Waals surface area contributed by atoms with E-state index in [1.54, 1.807) is 0 Å². The van der Waals surface area contributed by atoms with Crippen molar-refractivity contribution >= 4 is 11.6 Å². The quantitative estimate of drug-likeness (QED) is 0.773. The van der Waals surface area contributed by atoms with Crippen LogP contribution in [0.5, 0.6) is 0 Å². The van der Waals surface area contributed by atoms with Gasteiger partial charge in [-0.1, -0.05) is 25.5 Å². The predicted molar refractivity (Wildman–Crippen MR) is 87.0 cm³/mol. The van der Waals surface area contributed by atoms with Gasteiger partial charge in [0, 0.05) is 31.7 Å². The van der Waals surface area contributed by atoms with E-state index in [0.717, 1.165) is 36.8 Å². The maximum atomic E-state index is 12.0. The Bertz CT molecular complexity index is 440. The van der Waals surface area contributed by atoms with E-state index in [2.05, 4.69) is 17.1 Å². The molecule has 0 bridgehead atoms. The zero-order valence-corrected chi connectivity index (χ0v) is 13.0. The summed E-state index contributed by atoms with van der Waals surface area (Å²) in [6.07, 6.45) is 4.65. The normalized spacial score (nSPS) is 15.0. The van der Waals surface area contributed by atoms with Crippen molar-refractivity contribution in [3.8, 4) is 0 Å². The summed E-state index contributed by atoms with van der Waals surface area (Å²) >= 11 is 0. The standard InChI is InChI=1S/C17H27N3O/c1-2-20(13-15-4-3-5-15)11-10-17(21)19-16-8-6-14(12-18)7-9-16/h6-9,15H,2-5,10-13,18H2,1H3,(H,19,21). The average Bonchev–Trinajstić information content (AvgIpc) is 2.46. The first-order chi connectivity index (χ1) is 10.2. The molecule has 4 heteroatoms. The third-order valence-electron chi connectivity index (χ3n) is 4.32. The number of nitrogens with one attached hydrogen (secondary N) is 1. The van der Waals surface area contributed by atoms with Gasteiger partial charge in [-0.2, -0.15) is 0 Å². The molecule has 0 spiro atoms. The van der Waals surface area contributed by atoms with Gasteiger partial charge in [-0.3, -0.25) is 4.79 Å². The van der Waals surface area contributed by atoms with Crippen molar-refractivity contribution in [3.63, 3.8) is 0 Å². The smallest absolute Gasteiger partial charge is 0.225 e. The Kier molecular flexibility index (Phi) is 6.21. The van der Waals surface area contributed by atoms with E-state index in [9.17, 15) is 4.79 Å². The number of nitrogens with two attached hydrogens (primary N) is 1. The molecule has 0 aliphatic heterocycles. The van der Waals surface area contributed by atoms with Gasteiger partial charge in [0.2, 0.25) is 5.91 Å². The second-order valence-corrected chi connectivity index (χ2v) is 5.89. The molecule has 1 fully saturated rings. The third kappa shape index (κ3) is 5.14. The number of carbonyl (C=O) groups is 1. The third-order valence-corrected chi connectivity index (χ3v) is 4.32. The Morgan fingerprint density at radius 3 is 2.57 bits per heavy atom. The number of carbonyl (C=O) groups excluding carboxylic acids is 1. The summed E-state index contributed by atoms with van der Waals surface area (Å²) in [5.74, 6) is 0.944. The van der Waals surface area contributed by atoms with Crippen LogP contribution in [0.4, 0.5) is 5.69 Å². The molecule has 0 heterocycles. The number of amides is 1. The fraction of sp³-hybridized carbons (Fsp3) is 0.588. The van der Waals surface area contributed by atoms with E-state index in [1.165, 1.54) is 19.3 Å². The Balaban J connectivity index is 1.72. The van der Waals surface area contributed by atoms with E-state index in [1.807, 2.05) is 24.3 Å². The van der Waals surface area contributed by atoms with Crippen molar-refractivity contribution < 1.29 is 4.79 Å². The first kappa shape index (κ1) is 16.0. The molecule has 0 atom stereocenters. The Hall–Kier alpha value is -1.39. The van der Waals surface area contributed by atoms with Crippen LogP contribution in [-0.4, -0.2) is 30.4 Å². The summed E-state index contributed by atoms with van der Waals surface area (Å²) in [4.78, 5) is 14.4. The molecule has 116 valence electrons. The lowest BCUT2D eigenvalue weighted by Crippen LogP contribution is -2.34. The van der Waals surface area contributed by atoms with Crippen LogP contribution in [0.3, 0.4) is 0 Å². The van der Waals surface area contributed by atoms with Crippen molar-refractivity contribution in [2.24, 2.45) is 11.7 Å². The number of hydrogen-bond acceptors (Lipinski definition) is 3. The molecule has 0 aromatic heterocycles. The SMILES string of the molecule is CCN(CCC(=O)Nc1ccc(CN)cc1)CC1CCC1. The molecule has 0 saturated heterocycles. The van der Waals surface area contributed by atoms with Gasteiger partial charge < -0.3 is 16.0 Å². The minimum Gasteiger partial charge on any atom is -0.326 e. The van der Waals surface area contributed by atoms with Gasteiger partial charge in [0.15, 0.2) is 0 Å². The summed E-state index contributed by atoms with van der Waals surface area (Å²) in [7, 11) is 0. The molecule has 1 aromatic carbocycles. The second kappa shape index (κ2) is 8.15. The van der Waals surface area contributed by atoms with E-state index in [-0.39, 0.29) is 5.91 Å². The number of anilines is 1. The Labute approximate surface area is 127 Å². The van der Waals surface area contributed by atoms with Gasteiger partial charge in [-0.15, -0.1) is 0 Å². The van der Waals surface area contributed by atoms with E-state index in [0.29, 0.717) is 13.0 Å². The molecule has 3 N–H and O–H groups in total. The van der Waals surface area contributed by atoms with Crippen molar-refractivity contribution in [1.82, 2.24) is 4.90 Å². The number of nitrogens with zero attached hydrogens (tertiary/aromatic N) is 1. The first-order valence-electron chi connectivity index (χ1n) is 8.02. The van der Waals surface area contributed by atoms with Crippen LogP contribution < -0.4 is 11.1 Å². The summed E-state index contributed by atoms with van der Waals surface area (Å²) in [6.45, 7) is 5.71. The van der Waals surface area contributed by atoms with Gasteiger partial charge in [0.25, 0.3) is 0 Å². The minimum absolute atomic E-state index is 0.0857. The van der Waals surface area contributed by atoms with E-state index in [4.69, 9.17) is 5.73 Å². The number of hydrogen-bond donors (Lipinski definition) is 2. The van der Waals surface area contributed by atoms with Gasteiger partial charge in [0.1, 0.15) is 0 Å². The Morgan fingerprint density at radius 1 is 1.33 bits per heavy atom. The van der Waals surface area contributed by atoms with E-state index < -0.39 is 0 Å². The van der Waals surface area contributed by atoms with Crippen molar-refractivity contribution in [2.45, 2.75) is 39.2 Å². The summed E-state index contributed by atoms with van der Waals surface area (Å²) < 4.78 is 0. The summed E-state index contributed by atoms with van der Waals surface area (Å²) in [5.41, 5.74) is 7.48. The second-order valence-electron chi connectivity index (χ2n) is 5.89. The van der Waals surface area contributed by atoms with Crippen molar-refractivity contribution in [2.75, 3.05) is 25.0 Å². The van der Waals surface area contributed by atoms with Crippen LogP contribution in [0, 0.1) is 5.92 Å². The zero-order chi connectivity index (χ0) is 15.1. The maximum Gasteiger partial charge on any atom is 0.225 e. The molecular formula is C17H27N3O. The highest BCUT2D eigenvalue weighted by atomic mass is 16.1. The first-order valence-corrected chi connectivity index (χ1v) is 8.02. The molecule has 4 nitrogen and oxygen atoms in total. The lowest BCUT2D eigenvalue weighted by Gasteiger charge is -2.31. The van der Waals surface area contributed by atoms with Crippen LogP contribution in [0.25, 0.3) is 0 Å². The van der Waals surface area contributed by atoms with E-state index >= 15 is 0 Å². The highest BCUT2D eigenvalue weighted by Gasteiger charge is 2.20. The largest absolute Gasteiger partial charge is 0.326 e. The molecule has 1 aliphatic carbocycles. The highest BCUT2D eigenvalue weighted by Crippen LogP contribution is 2.27. The average molecular weight is 289 g/mol. The van der Waals surface area contributed by atoms with Crippen LogP contribution in [0.1, 0.15) is 38.2 Å². The molecule has 2 rings (SSSR count). The van der Waals surface area contributed by atoms with Crippen molar-refractivity contribution in [1.29, 1.82) is 0 Å². The fourth-order valence-electron chi connectivity index (χ4n) is 2.63. The number of rotatable bonds is 8. The van der Waals surface area contributed by atoms with Crippen molar-refractivity contribution in [3.05, 3.63) is 29.8 Å². The zero-order valence-electron chi connectivity index (χ0n) is 13.0. The van der Waals surface area contributed by atoms with Gasteiger partial charge in [-0.25, -0.2) is 0 Å². The summed E-state index contributed by atoms with van der Waals surface area (Å²) in [5, 5.41) is 2.95. The van der Waals surface area contributed by atoms with Gasteiger partial charge >= 0.3 is 0 Å². The maximum absolute atomic E-state index is 12.0. The molecule has 0 radical (unpaired) electrons. The lowest BCUT2D eigenvalue weighted by atomic mass is 9.85. The predicted octanol–water partition coefficient (Wildman–Crippen LogP) is 2.60. The molecule has 21 heavy (non-hydrogen) atoms. The topological polar surface area (TPSA) is 58.4 Å². The van der Waals surface area contributed by atoms with Crippen LogP contribution in [0.2, 0.25) is 0 Å². The number of benzene rings is 1. The Morgan fingerprint density at radius 2 is 2.05 bits per heavy atom. The minimum atomic E-state index is 0.0857. The molecule has 1 aliphatic rings. The summed E-state index contributed by atoms with van der Waals surface area (Å²) in [6, 6.07) is 7.72.